The molecule has 1 aliphatic heterocycles. The molecule has 5 heteroatoms. The lowest BCUT2D eigenvalue weighted by molar-refractivity contribution is -0.110. The van der Waals surface area contributed by atoms with Gasteiger partial charge in [0.1, 0.15) is 5.82 Å². The van der Waals surface area contributed by atoms with Crippen LogP contribution in [0.5, 0.6) is 0 Å². The first-order valence-electron chi connectivity index (χ1n) is 9.05. The molecule has 0 unspecified atom stereocenters. The zero-order chi connectivity index (χ0) is 18.5. The van der Waals surface area contributed by atoms with Crippen LogP contribution in [0.2, 0.25) is 0 Å². The van der Waals surface area contributed by atoms with Crippen LogP contribution in [-0.2, 0) is 4.79 Å². The smallest absolute Gasteiger partial charge is 0.257 e. The van der Waals surface area contributed by atoms with E-state index in [0.29, 0.717) is 16.8 Å². The maximum atomic E-state index is 13.5. The maximum absolute atomic E-state index is 13.5. The molecule has 26 heavy (non-hydrogen) atoms. The average molecular weight is 353 g/mol. The molecule has 1 aliphatic rings. The number of hydrogen-bond donors (Lipinski definition) is 2. The van der Waals surface area contributed by atoms with Gasteiger partial charge in [0, 0.05) is 41.9 Å². The molecule has 136 valence electrons. The van der Waals surface area contributed by atoms with Gasteiger partial charge in [-0.3, -0.25) is 4.79 Å². The number of nitrogens with one attached hydrogen (secondary N) is 2. The number of carbonyl (C=O) groups is 1. The highest BCUT2D eigenvalue weighted by Gasteiger charge is 2.24. The largest absolute Gasteiger partial charge is 0.372 e. The summed E-state index contributed by atoms with van der Waals surface area (Å²) in [6.07, 6.45) is 3.85. The van der Waals surface area contributed by atoms with Gasteiger partial charge in [-0.1, -0.05) is 13.8 Å². The summed E-state index contributed by atoms with van der Waals surface area (Å²) in [7, 11) is 0. The van der Waals surface area contributed by atoms with Crippen LogP contribution < -0.4 is 15.5 Å². The Kier molecular flexibility index (Phi) is 5.56. The number of halogens is 1. The molecular weight excluding hydrogens is 329 g/mol. The Bertz CT molecular complexity index is 809. The van der Waals surface area contributed by atoms with Crippen LogP contribution in [0.4, 0.5) is 21.5 Å². The van der Waals surface area contributed by atoms with E-state index in [9.17, 15) is 9.18 Å². The Morgan fingerprint density at radius 3 is 2.42 bits per heavy atom. The number of benzene rings is 2. The highest BCUT2D eigenvalue weighted by Crippen LogP contribution is 2.32. The molecule has 0 fully saturated rings. The molecule has 0 spiro atoms. The van der Waals surface area contributed by atoms with E-state index in [4.69, 9.17) is 0 Å². The lowest BCUT2D eigenvalue weighted by Gasteiger charge is -2.23. The lowest BCUT2D eigenvalue weighted by atomic mass is 10.1. The van der Waals surface area contributed by atoms with Crippen LogP contribution in [0, 0.1) is 5.82 Å². The average Bonchev–Trinajstić information content (AvgIpc) is 2.95. The van der Waals surface area contributed by atoms with Crippen molar-refractivity contribution in [1.82, 2.24) is 0 Å². The van der Waals surface area contributed by atoms with E-state index in [-0.39, 0.29) is 11.7 Å². The van der Waals surface area contributed by atoms with Gasteiger partial charge in [0.2, 0.25) is 0 Å². The molecule has 0 aliphatic carbocycles. The first-order chi connectivity index (χ1) is 12.6. The molecule has 0 radical (unpaired) electrons. The third-order valence-electron chi connectivity index (χ3n) is 4.37. The van der Waals surface area contributed by atoms with Gasteiger partial charge in [-0.25, -0.2) is 4.39 Å². The summed E-state index contributed by atoms with van der Waals surface area (Å²) in [6, 6.07) is 12.4. The van der Waals surface area contributed by atoms with Crippen LogP contribution in [-0.4, -0.2) is 19.0 Å². The molecule has 3 rings (SSSR count). The normalized spacial score (nSPS) is 14.3. The van der Waals surface area contributed by atoms with Gasteiger partial charge in [-0.2, -0.15) is 0 Å². The van der Waals surface area contributed by atoms with Crippen molar-refractivity contribution in [3.8, 4) is 0 Å². The van der Waals surface area contributed by atoms with Crippen LogP contribution >= 0.6 is 0 Å². The fourth-order valence-electron chi connectivity index (χ4n) is 3.14. The molecule has 1 amide bonds. The van der Waals surface area contributed by atoms with Crippen LogP contribution in [0.25, 0.3) is 5.57 Å². The minimum Gasteiger partial charge on any atom is -0.372 e. The number of carbonyl (C=O) groups excluding carboxylic acids is 1. The molecule has 4 nitrogen and oxygen atoms in total. The van der Waals surface area contributed by atoms with Crippen molar-refractivity contribution in [1.29, 1.82) is 0 Å². The lowest BCUT2D eigenvalue weighted by Crippen LogP contribution is -2.24. The number of nitrogens with zero attached hydrogens (tertiary/aromatic N) is 1. The molecule has 0 saturated heterocycles. The number of fused-ring (bicyclic) bond motifs is 1. The van der Waals surface area contributed by atoms with Crippen LogP contribution in [0.15, 0.2) is 48.7 Å². The van der Waals surface area contributed by atoms with Crippen LogP contribution in [0.1, 0.15) is 32.3 Å². The van der Waals surface area contributed by atoms with Gasteiger partial charge in [0.05, 0.1) is 5.57 Å². The minimum atomic E-state index is -0.359. The van der Waals surface area contributed by atoms with Gasteiger partial charge in [0.15, 0.2) is 0 Å². The second kappa shape index (κ2) is 8.04. The predicted molar refractivity (Wildman–Crippen MR) is 106 cm³/mol. The summed E-state index contributed by atoms with van der Waals surface area (Å²) in [5, 5.41) is 5.89. The molecular formula is C21H24FN3O. The predicted octanol–water partition coefficient (Wildman–Crippen LogP) is 4.86. The quantitative estimate of drug-likeness (QED) is 0.699. The SMILES string of the molecule is CCCN(CCC)c1ccc(NC=C2C(=O)Nc3ccc(F)cc32)cc1. The molecule has 0 aromatic heterocycles. The first-order valence-corrected chi connectivity index (χ1v) is 9.05. The van der Waals surface area contributed by atoms with Gasteiger partial charge in [-0.05, 0) is 55.3 Å². The monoisotopic (exact) mass is 353 g/mol. The van der Waals surface area contributed by atoms with Crippen molar-refractivity contribution in [3.05, 3.63) is 60.0 Å². The number of hydrogen-bond acceptors (Lipinski definition) is 3. The standard InChI is InChI=1S/C21H24FN3O/c1-3-11-25(12-4-2)17-8-6-16(7-9-17)23-14-19-18-13-15(22)5-10-20(18)24-21(19)26/h5-10,13-14,23H,3-4,11-12H2,1-2H3,(H,24,26). The molecule has 0 atom stereocenters. The zero-order valence-corrected chi connectivity index (χ0v) is 15.2. The Labute approximate surface area is 153 Å². The Morgan fingerprint density at radius 2 is 1.77 bits per heavy atom. The van der Waals surface area contributed by atoms with E-state index in [2.05, 4.69) is 41.5 Å². The van der Waals surface area contributed by atoms with E-state index in [1.807, 2.05) is 12.1 Å². The molecule has 0 saturated carbocycles. The third-order valence-corrected chi connectivity index (χ3v) is 4.37. The van der Waals surface area contributed by atoms with E-state index >= 15 is 0 Å². The fourth-order valence-corrected chi connectivity index (χ4v) is 3.14. The number of anilines is 3. The van der Waals surface area contributed by atoms with Gasteiger partial charge < -0.3 is 15.5 Å². The second-order valence-corrected chi connectivity index (χ2v) is 6.38. The van der Waals surface area contributed by atoms with Crippen molar-refractivity contribution in [2.24, 2.45) is 0 Å². The number of amides is 1. The minimum absolute atomic E-state index is 0.230. The highest BCUT2D eigenvalue weighted by molar-refractivity contribution is 6.31. The summed E-state index contributed by atoms with van der Waals surface area (Å²) in [5.74, 6) is -0.589. The molecule has 0 bridgehead atoms. The maximum Gasteiger partial charge on any atom is 0.257 e. The van der Waals surface area contributed by atoms with E-state index < -0.39 is 0 Å². The summed E-state index contributed by atoms with van der Waals surface area (Å²) in [5.41, 5.74) is 3.72. The van der Waals surface area contributed by atoms with Crippen LogP contribution in [0.3, 0.4) is 0 Å². The molecule has 2 aromatic carbocycles. The van der Waals surface area contributed by atoms with Crippen molar-refractivity contribution >= 4 is 28.5 Å². The van der Waals surface area contributed by atoms with Crippen molar-refractivity contribution in [2.45, 2.75) is 26.7 Å². The molecule has 1 heterocycles. The highest BCUT2D eigenvalue weighted by atomic mass is 19.1. The number of rotatable bonds is 7. The Balaban J connectivity index is 1.75. The van der Waals surface area contributed by atoms with Crippen molar-refractivity contribution < 1.29 is 9.18 Å². The van der Waals surface area contributed by atoms with Crippen molar-refractivity contribution in [3.63, 3.8) is 0 Å². The summed E-state index contributed by atoms with van der Waals surface area (Å²) in [4.78, 5) is 14.5. The van der Waals surface area contributed by atoms with Gasteiger partial charge in [0.25, 0.3) is 5.91 Å². The summed E-state index contributed by atoms with van der Waals surface area (Å²) in [6.45, 7) is 6.43. The zero-order valence-electron chi connectivity index (χ0n) is 15.2. The van der Waals surface area contributed by atoms with Crippen molar-refractivity contribution in [2.75, 3.05) is 28.6 Å². The Hall–Kier alpha value is -2.82. The topological polar surface area (TPSA) is 44.4 Å². The first kappa shape index (κ1) is 18.0. The second-order valence-electron chi connectivity index (χ2n) is 6.38. The van der Waals surface area contributed by atoms with Gasteiger partial charge in [-0.15, -0.1) is 0 Å². The Morgan fingerprint density at radius 1 is 1.08 bits per heavy atom. The third kappa shape index (κ3) is 3.87. The molecule has 2 N–H and O–H groups in total. The summed E-state index contributed by atoms with van der Waals surface area (Å²) >= 11 is 0. The fraction of sp³-hybridized carbons (Fsp3) is 0.286. The molecule has 2 aromatic rings. The van der Waals surface area contributed by atoms with E-state index in [1.165, 1.54) is 17.8 Å². The summed E-state index contributed by atoms with van der Waals surface area (Å²) < 4.78 is 13.5. The van der Waals surface area contributed by atoms with Gasteiger partial charge >= 0.3 is 0 Å². The van der Waals surface area contributed by atoms with E-state index in [0.717, 1.165) is 31.6 Å². The van der Waals surface area contributed by atoms with E-state index in [1.54, 1.807) is 12.3 Å².